The number of piperidine rings is 1. The summed E-state index contributed by atoms with van der Waals surface area (Å²) >= 11 is 0. The first-order chi connectivity index (χ1) is 11.6. The van der Waals surface area contributed by atoms with Crippen LogP contribution in [0.3, 0.4) is 0 Å². The zero-order valence-electron chi connectivity index (χ0n) is 14.6. The first-order valence-electron chi connectivity index (χ1n) is 8.77. The molecule has 0 amide bonds. The fourth-order valence-electron chi connectivity index (χ4n) is 2.81. The Morgan fingerprint density at radius 1 is 1.17 bits per heavy atom. The minimum absolute atomic E-state index is 0.0695. The van der Waals surface area contributed by atoms with Crippen LogP contribution in [0.5, 0.6) is 0 Å². The largest absolute Gasteiger partial charge is 0.364 e. The van der Waals surface area contributed by atoms with Crippen molar-refractivity contribution in [3.8, 4) is 0 Å². The number of hydrogen-bond donors (Lipinski definition) is 2. The molecule has 0 aliphatic carbocycles. The topological polar surface area (TPSA) is 96.2 Å². The van der Waals surface area contributed by atoms with Crippen LogP contribution in [0.2, 0.25) is 0 Å². The summed E-state index contributed by atoms with van der Waals surface area (Å²) in [5, 5.41) is 17.6. The molecule has 2 heterocycles. The van der Waals surface area contributed by atoms with Crippen molar-refractivity contribution in [1.29, 1.82) is 0 Å². The van der Waals surface area contributed by atoms with Crippen LogP contribution in [0.15, 0.2) is 6.33 Å². The maximum atomic E-state index is 11.4. The molecular weight excluding hydrogens is 308 g/mol. The quantitative estimate of drug-likeness (QED) is 0.528. The standard InChI is InChI=1S/C16H28N6O2/c1-13(2)6-7-17-15-14(22(23)24)16(20-12-19-15)18-8-11-21-9-4-3-5-10-21/h12-13H,3-11H2,1-2H3,(H2,17,18,19,20). The summed E-state index contributed by atoms with van der Waals surface area (Å²) in [5.41, 5.74) is -0.0695. The molecule has 0 radical (unpaired) electrons. The van der Waals surface area contributed by atoms with Crippen LogP contribution >= 0.6 is 0 Å². The summed E-state index contributed by atoms with van der Waals surface area (Å²) in [7, 11) is 0. The van der Waals surface area contributed by atoms with E-state index in [0.717, 1.165) is 26.1 Å². The highest BCUT2D eigenvalue weighted by Gasteiger charge is 2.22. The molecule has 1 saturated heterocycles. The molecule has 0 atom stereocenters. The van der Waals surface area contributed by atoms with Crippen LogP contribution in [0.25, 0.3) is 0 Å². The van der Waals surface area contributed by atoms with Gasteiger partial charge in [0, 0.05) is 19.6 Å². The fourth-order valence-corrected chi connectivity index (χ4v) is 2.81. The van der Waals surface area contributed by atoms with E-state index in [-0.39, 0.29) is 11.5 Å². The molecule has 2 N–H and O–H groups in total. The highest BCUT2D eigenvalue weighted by molar-refractivity contribution is 5.69. The van der Waals surface area contributed by atoms with Crippen molar-refractivity contribution in [1.82, 2.24) is 14.9 Å². The second-order valence-corrected chi connectivity index (χ2v) is 6.61. The lowest BCUT2D eigenvalue weighted by atomic mass is 10.1. The number of anilines is 2. The van der Waals surface area contributed by atoms with Gasteiger partial charge in [-0.05, 0) is 38.3 Å². The lowest BCUT2D eigenvalue weighted by Crippen LogP contribution is -2.33. The molecule has 0 unspecified atom stereocenters. The molecule has 0 bridgehead atoms. The van der Waals surface area contributed by atoms with Crippen molar-refractivity contribution in [3.05, 3.63) is 16.4 Å². The van der Waals surface area contributed by atoms with Crippen LogP contribution < -0.4 is 10.6 Å². The van der Waals surface area contributed by atoms with Crippen molar-refractivity contribution >= 4 is 17.3 Å². The average Bonchev–Trinajstić information content (AvgIpc) is 2.55. The van der Waals surface area contributed by atoms with Gasteiger partial charge in [-0.1, -0.05) is 20.3 Å². The molecule has 1 aromatic rings. The molecular formula is C16H28N6O2. The first-order valence-corrected chi connectivity index (χ1v) is 8.77. The minimum atomic E-state index is -0.416. The molecule has 134 valence electrons. The monoisotopic (exact) mass is 336 g/mol. The van der Waals surface area contributed by atoms with Crippen LogP contribution in [0.4, 0.5) is 17.3 Å². The summed E-state index contributed by atoms with van der Waals surface area (Å²) in [5.74, 6) is 1.11. The molecule has 1 aromatic heterocycles. The van der Waals surface area contributed by atoms with Gasteiger partial charge >= 0.3 is 5.69 Å². The van der Waals surface area contributed by atoms with Gasteiger partial charge in [-0.15, -0.1) is 0 Å². The molecule has 8 nitrogen and oxygen atoms in total. The Balaban J connectivity index is 1.95. The van der Waals surface area contributed by atoms with E-state index in [2.05, 4.69) is 39.3 Å². The molecule has 1 aliphatic rings. The zero-order chi connectivity index (χ0) is 17.4. The van der Waals surface area contributed by atoms with Crippen LogP contribution in [0, 0.1) is 16.0 Å². The van der Waals surface area contributed by atoms with Crippen molar-refractivity contribution < 1.29 is 4.92 Å². The van der Waals surface area contributed by atoms with Gasteiger partial charge in [0.1, 0.15) is 6.33 Å². The third-order valence-corrected chi connectivity index (χ3v) is 4.19. The molecule has 2 rings (SSSR count). The fraction of sp³-hybridized carbons (Fsp3) is 0.750. The Morgan fingerprint density at radius 2 is 1.79 bits per heavy atom. The van der Waals surface area contributed by atoms with Crippen molar-refractivity contribution in [2.75, 3.05) is 43.4 Å². The summed E-state index contributed by atoms with van der Waals surface area (Å²) in [6.45, 7) is 8.61. The van der Waals surface area contributed by atoms with Gasteiger partial charge in [-0.25, -0.2) is 9.97 Å². The van der Waals surface area contributed by atoms with E-state index in [1.807, 2.05) is 0 Å². The third kappa shape index (κ3) is 5.59. The van der Waals surface area contributed by atoms with Gasteiger partial charge < -0.3 is 15.5 Å². The van der Waals surface area contributed by atoms with Crippen molar-refractivity contribution in [2.45, 2.75) is 39.5 Å². The maximum absolute atomic E-state index is 11.4. The SMILES string of the molecule is CC(C)CCNc1ncnc(NCCN2CCCCC2)c1[N+](=O)[O-]. The molecule has 1 aliphatic heterocycles. The molecule has 0 aromatic carbocycles. The van der Waals surface area contributed by atoms with E-state index in [0.29, 0.717) is 24.8 Å². The van der Waals surface area contributed by atoms with E-state index >= 15 is 0 Å². The van der Waals surface area contributed by atoms with E-state index in [1.165, 1.54) is 25.6 Å². The van der Waals surface area contributed by atoms with Crippen molar-refractivity contribution in [3.63, 3.8) is 0 Å². The van der Waals surface area contributed by atoms with E-state index in [9.17, 15) is 10.1 Å². The Morgan fingerprint density at radius 3 is 2.38 bits per heavy atom. The van der Waals surface area contributed by atoms with Gasteiger partial charge in [0.2, 0.25) is 11.6 Å². The average molecular weight is 336 g/mol. The van der Waals surface area contributed by atoms with Gasteiger partial charge in [0.05, 0.1) is 4.92 Å². The summed E-state index contributed by atoms with van der Waals surface area (Å²) in [6, 6.07) is 0. The summed E-state index contributed by atoms with van der Waals surface area (Å²) in [6.07, 6.45) is 6.06. The van der Waals surface area contributed by atoms with Gasteiger partial charge in [-0.3, -0.25) is 10.1 Å². The normalized spacial score (nSPS) is 15.5. The van der Waals surface area contributed by atoms with E-state index in [4.69, 9.17) is 0 Å². The predicted octanol–water partition coefficient (Wildman–Crippen LogP) is 2.74. The van der Waals surface area contributed by atoms with Crippen LogP contribution in [0.1, 0.15) is 39.5 Å². The second kappa shape index (κ2) is 9.36. The molecule has 1 fully saturated rings. The van der Waals surface area contributed by atoms with Crippen LogP contribution in [-0.2, 0) is 0 Å². The maximum Gasteiger partial charge on any atom is 0.353 e. The minimum Gasteiger partial charge on any atom is -0.364 e. The third-order valence-electron chi connectivity index (χ3n) is 4.19. The zero-order valence-corrected chi connectivity index (χ0v) is 14.6. The second-order valence-electron chi connectivity index (χ2n) is 6.61. The van der Waals surface area contributed by atoms with E-state index < -0.39 is 4.92 Å². The first kappa shape index (κ1) is 18.4. The molecule has 0 saturated carbocycles. The molecule has 24 heavy (non-hydrogen) atoms. The van der Waals surface area contributed by atoms with Gasteiger partial charge in [0.25, 0.3) is 0 Å². The van der Waals surface area contributed by atoms with Gasteiger partial charge in [0.15, 0.2) is 0 Å². The van der Waals surface area contributed by atoms with Gasteiger partial charge in [-0.2, -0.15) is 0 Å². The predicted molar refractivity (Wildman–Crippen MR) is 95.4 cm³/mol. The van der Waals surface area contributed by atoms with Crippen LogP contribution in [-0.4, -0.2) is 52.5 Å². The Bertz CT molecular complexity index is 531. The summed E-state index contributed by atoms with van der Waals surface area (Å²) in [4.78, 5) is 21.5. The number of rotatable bonds is 9. The van der Waals surface area contributed by atoms with E-state index in [1.54, 1.807) is 0 Å². The smallest absolute Gasteiger partial charge is 0.353 e. The van der Waals surface area contributed by atoms with Crippen molar-refractivity contribution in [2.24, 2.45) is 5.92 Å². The molecule has 8 heteroatoms. The Hall–Kier alpha value is -1.96. The number of aromatic nitrogens is 2. The molecule has 0 spiro atoms. The number of nitro groups is 1. The number of nitrogens with one attached hydrogen (secondary N) is 2. The Kier molecular flexibility index (Phi) is 7.17. The lowest BCUT2D eigenvalue weighted by molar-refractivity contribution is -0.383. The lowest BCUT2D eigenvalue weighted by Gasteiger charge is -2.26. The summed E-state index contributed by atoms with van der Waals surface area (Å²) < 4.78 is 0. The number of nitrogens with zero attached hydrogens (tertiary/aromatic N) is 4. The number of hydrogen-bond acceptors (Lipinski definition) is 7. The highest BCUT2D eigenvalue weighted by Crippen LogP contribution is 2.28. The number of likely N-dealkylation sites (tertiary alicyclic amines) is 1. The Labute approximate surface area is 143 Å². The highest BCUT2D eigenvalue weighted by atomic mass is 16.6.